The van der Waals surface area contributed by atoms with Crippen molar-refractivity contribution < 1.29 is 18.8 Å². The molecular formula is C20H23N3O4S. The average molecular weight is 401 g/mol. The third-order valence-electron chi connectivity index (χ3n) is 4.45. The third-order valence-corrected chi connectivity index (χ3v) is 5.55. The zero-order valence-corrected chi connectivity index (χ0v) is 16.7. The van der Waals surface area contributed by atoms with Crippen LogP contribution in [0.15, 0.2) is 52.0 Å². The average Bonchev–Trinajstić information content (AvgIpc) is 3.23. The Balaban J connectivity index is 1.50. The normalized spacial score (nSPS) is 15.2. The van der Waals surface area contributed by atoms with Crippen LogP contribution in [-0.4, -0.2) is 59.0 Å². The van der Waals surface area contributed by atoms with Gasteiger partial charge in [-0.3, -0.25) is 14.4 Å². The molecule has 1 aliphatic heterocycles. The predicted octanol–water partition coefficient (Wildman–Crippen LogP) is 2.70. The van der Waals surface area contributed by atoms with Crippen molar-refractivity contribution in [3.63, 3.8) is 0 Å². The zero-order valence-electron chi connectivity index (χ0n) is 15.9. The Morgan fingerprint density at radius 3 is 2.25 bits per heavy atom. The Kier molecular flexibility index (Phi) is 6.41. The molecule has 1 atom stereocenters. The van der Waals surface area contributed by atoms with Crippen LogP contribution in [0.2, 0.25) is 0 Å². The molecular weight excluding hydrogens is 378 g/mol. The van der Waals surface area contributed by atoms with Gasteiger partial charge in [-0.05, 0) is 43.3 Å². The van der Waals surface area contributed by atoms with Crippen LogP contribution in [0.25, 0.3) is 0 Å². The first-order valence-electron chi connectivity index (χ1n) is 9.10. The van der Waals surface area contributed by atoms with Gasteiger partial charge in [-0.25, -0.2) is 0 Å². The zero-order chi connectivity index (χ0) is 20.1. The van der Waals surface area contributed by atoms with Gasteiger partial charge in [0.2, 0.25) is 11.8 Å². The molecule has 0 radical (unpaired) electrons. The second-order valence-electron chi connectivity index (χ2n) is 6.56. The molecule has 0 aliphatic carbocycles. The summed E-state index contributed by atoms with van der Waals surface area (Å²) in [5.41, 5.74) is 0.730. The van der Waals surface area contributed by atoms with E-state index in [9.17, 15) is 14.4 Å². The minimum Gasteiger partial charge on any atom is -0.459 e. The van der Waals surface area contributed by atoms with Gasteiger partial charge in [0.25, 0.3) is 5.91 Å². The molecule has 7 nitrogen and oxygen atoms in total. The van der Waals surface area contributed by atoms with Crippen LogP contribution in [0, 0.1) is 0 Å². The molecule has 0 bridgehead atoms. The number of carbonyl (C=O) groups is 3. The second kappa shape index (κ2) is 8.97. The lowest BCUT2D eigenvalue weighted by atomic mass is 10.2. The molecule has 28 heavy (non-hydrogen) atoms. The molecule has 2 heterocycles. The Morgan fingerprint density at radius 1 is 1.04 bits per heavy atom. The summed E-state index contributed by atoms with van der Waals surface area (Å²) in [5.74, 6) is 0.125. The van der Waals surface area contributed by atoms with Crippen molar-refractivity contribution in [1.82, 2.24) is 9.80 Å². The first-order chi connectivity index (χ1) is 13.4. The van der Waals surface area contributed by atoms with E-state index in [4.69, 9.17) is 4.42 Å². The lowest BCUT2D eigenvalue weighted by molar-refractivity contribution is -0.131. The molecule has 1 saturated heterocycles. The molecule has 0 unspecified atom stereocenters. The van der Waals surface area contributed by atoms with Gasteiger partial charge < -0.3 is 19.5 Å². The number of nitrogens with one attached hydrogen (secondary N) is 1. The first kappa shape index (κ1) is 20.0. The molecule has 1 aromatic heterocycles. The van der Waals surface area contributed by atoms with Crippen molar-refractivity contribution in [3.05, 3.63) is 48.4 Å². The maximum absolute atomic E-state index is 12.7. The highest BCUT2D eigenvalue weighted by Gasteiger charge is 2.28. The highest BCUT2D eigenvalue weighted by atomic mass is 32.2. The number of carbonyl (C=O) groups excluding carboxylic acids is 3. The maximum Gasteiger partial charge on any atom is 0.289 e. The van der Waals surface area contributed by atoms with E-state index in [0.717, 1.165) is 10.6 Å². The molecule has 0 spiro atoms. The number of anilines is 1. The van der Waals surface area contributed by atoms with E-state index in [-0.39, 0.29) is 23.0 Å². The molecule has 8 heteroatoms. The molecule has 148 valence electrons. The van der Waals surface area contributed by atoms with Crippen LogP contribution in [0.1, 0.15) is 24.4 Å². The largest absolute Gasteiger partial charge is 0.459 e. The van der Waals surface area contributed by atoms with Gasteiger partial charge in [0, 0.05) is 43.7 Å². The lowest BCUT2D eigenvalue weighted by Gasteiger charge is -2.35. The van der Waals surface area contributed by atoms with Gasteiger partial charge >= 0.3 is 0 Å². The number of rotatable bonds is 5. The van der Waals surface area contributed by atoms with Crippen molar-refractivity contribution in [3.8, 4) is 0 Å². The minimum absolute atomic E-state index is 0.0565. The SMILES string of the molecule is CC(=O)Nc1ccc(S[C@H](C)C(=O)N2CCN(C(=O)c3ccco3)CC2)cc1. The molecule has 3 rings (SSSR count). The second-order valence-corrected chi connectivity index (χ2v) is 7.97. The third kappa shape index (κ3) is 4.95. The molecule has 2 aromatic rings. The number of benzene rings is 1. The van der Waals surface area contributed by atoms with Crippen molar-refractivity contribution >= 4 is 35.2 Å². The number of amides is 3. The number of piperazine rings is 1. The first-order valence-corrected chi connectivity index (χ1v) is 9.98. The monoisotopic (exact) mass is 401 g/mol. The minimum atomic E-state index is -0.237. The van der Waals surface area contributed by atoms with Gasteiger partial charge in [0.05, 0.1) is 11.5 Å². The molecule has 3 amide bonds. The van der Waals surface area contributed by atoms with Crippen molar-refractivity contribution in [2.24, 2.45) is 0 Å². The molecule has 1 N–H and O–H groups in total. The van der Waals surface area contributed by atoms with E-state index in [0.29, 0.717) is 31.9 Å². The fraction of sp³-hybridized carbons (Fsp3) is 0.350. The molecule has 1 fully saturated rings. The summed E-state index contributed by atoms with van der Waals surface area (Å²) in [6, 6.07) is 10.8. The van der Waals surface area contributed by atoms with Gasteiger partial charge in [-0.2, -0.15) is 0 Å². The molecule has 1 aromatic carbocycles. The predicted molar refractivity (Wildman–Crippen MR) is 107 cm³/mol. The van der Waals surface area contributed by atoms with Crippen LogP contribution < -0.4 is 5.32 Å². The summed E-state index contributed by atoms with van der Waals surface area (Å²) in [7, 11) is 0. The lowest BCUT2D eigenvalue weighted by Crippen LogP contribution is -2.52. The van der Waals surface area contributed by atoms with Crippen LogP contribution in [0.3, 0.4) is 0 Å². The van der Waals surface area contributed by atoms with Crippen molar-refractivity contribution in [1.29, 1.82) is 0 Å². The topological polar surface area (TPSA) is 82.9 Å². The fourth-order valence-electron chi connectivity index (χ4n) is 3.02. The Bertz CT molecular complexity index is 828. The molecule has 1 aliphatic rings. The van der Waals surface area contributed by atoms with E-state index < -0.39 is 0 Å². The van der Waals surface area contributed by atoms with E-state index >= 15 is 0 Å². The Hall–Kier alpha value is -2.74. The quantitative estimate of drug-likeness (QED) is 0.779. The smallest absolute Gasteiger partial charge is 0.289 e. The highest BCUT2D eigenvalue weighted by Crippen LogP contribution is 2.26. The summed E-state index contributed by atoms with van der Waals surface area (Å²) in [6.07, 6.45) is 1.48. The van der Waals surface area contributed by atoms with E-state index in [2.05, 4.69) is 5.32 Å². The maximum atomic E-state index is 12.7. The van der Waals surface area contributed by atoms with Gasteiger partial charge in [0.15, 0.2) is 5.76 Å². The number of hydrogen-bond acceptors (Lipinski definition) is 5. The van der Waals surface area contributed by atoms with E-state index in [1.165, 1.54) is 24.9 Å². The van der Waals surface area contributed by atoms with Crippen LogP contribution >= 0.6 is 11.8 Å². The van der Waals surface area contributed by atoms with Gasteiger partial charge in [0.1, 0.15) is 0 Å². The summed E-state index contributed by atoms with van der Waals surface area (Å²) in [5, 5.41) is 2.48. The van der Waals surface area contributed by atoms with Crippen LogP contribution in [0.4, 0.5) is 5.69 Å². The van der Waals surface area contributed by atoms with Gasteiger partial charge in [-0.1, -0.05) is 0 Å². The van der Waals surface area contributed by atoms with Crippen LogP contribution in [0.5, 0.6) is 0 Å². The summed E-state index contributed by atoms with van der Waals surface area (Å²) < 4.78 is 5.16. The number of thioether (sulfide) groups is 1. The van der Waals surface area contributed by atoms with Gasteiger partial charge in [-0.15, -0.1) is 11.8 Å². The van der Waals surface area contributed by atoms with E-state index in [1.54, 1.807) is 21.9 Å². The highest BCUT2D eigenvalue weighted by molar-refractivity contribution is 8.00. The fourth-order valence-corrected chi connectivity index (χ4v) is 3.97. The number of furan rings is 1. The Morgan fingerprint density at radius 2 is 1.68 bits per heavy atom. The Labute approximate surface area is 168 Å². The number of hydrogen-bond donors (Lipinski definition) is 1. The molecule has 0 saturated carbocycles. The summed E-state index contributed by atoms with van der Waals surface area (Å²) in [6.45, 7) is 5.36. The van der Waals surface area contributed by atoms with Crippen LogP contribution in [-0.2, 0) is 9.59 Å². The van der Waals surface area contributed by atoms with E-state index in [1.807, 2.05) is 31.2 Å². The van der Waals surface area contributed by atoms with Crippen molar-refractivity contribution in [2.75, 3.05) is 31.5 Å². The standard InChI is InChI=1S/C20H23N3O4S/c1-14(28-17-7-5-16(6-8-17)21-15(2)24)19(25)22-9-11-23(12-10-22)20(26)18-4-3-13-27-18/h3-8,13-14H,9-12H2,1-2H3,(H,21,24)/t14-/m1/s1. The summed E-state index contributed by atoms with van der Waals surface area (Å²) >= 11 is 1.48. The number of nitrogens with zero attached hydrogens (tertiary/aromatic N) is 2. The summed E-state index contributed by atoms with van der Waals surface area (Å²) in [4.78, 5) is 40.6. The van der Waals surface area contributed by atoms with Crippen molar-refractivity contribution in [2.45, 2.75) is 24.0 Å².